The third kappa shape index (κ3) is 4.79. The normalized spacial score (nSPS) is 10.9. The molecule has 0 aliphatic heterocycles. The molecule has 4 nitrogen and oxygen atoms in total. The van der Waals surface area contributed by atoms with Crippen LogP contribution < -0.4 is 9.47 Å². The lowest BCUT2D eigenvalue weighted by atomic mass is 10.2. The summed E-state index contributed by atoms with van der Waals surface area (Å²) < 4.78 is 17.0. The van der Waals surface area contributed by atoms with Crippen molar-refractivity contribution in [3.63, 3.8) is 0 Å². The molecule has 0 fully saturated rings. The van der Waals surface area contributed by atoms with E-state index in [1.807, 2.05) is 43.3 Å². The molecule has 0 radical (unpaired) electrons. The largest absolute Gasteiger partial charge is 0.489 e. The van der Waals surface area contributed by atoms with Gasteiger partial charge in [0.2, 0.25) is 0 Å². The summed E-state index contributed by atoms with van der Waals surface area (Å²) >= 11 is 12.1. The van der Waals surface area contributed by atoms with Crippen LogP contribution in [0.5, 0.6) is 11.5 Å². The van der Waals surface area contributed by atoms with Crippen molar-refractivity contribution in [2.75, 3.05) is 26.4 Å². The predicted molar refractivity (Wildman–Crippen MR) is 105 cm³/mol. The number of aromatic nitrogens is 1. The maximum absolute atomic E-state index is 6.14. The number of ether oxygens (including phenoxy) is 3. The second kappa shape index (κ2) is 9.08. The van der Waals surface area contributed by atoms with Gasteiger partial charge in [-0.1, -0.05) is 41.4 Å². The minimum Gasteiger partial charge on any atom is -0.489 e. The van der Waals surface area contributed by atoms with Gasteiger partial charge in [0.15, 0.2) is 0 Å². The Balaban J connectivity index is 1.40. The average molecular weight is 392 g/mol. The zero-order chi connectivity index (χ0) is 18.4. The van der Waals surface area contributed by atoms with Crippen LogP contribution in [0.2, 0.25) is 10.0 Å². The summed E-state index contributed by atoms with van der Waals surface area (Å²) in [6.45, 7) is 3.64. The van der Waals surface area contributed by atoms with Gasteiger partial charge in [0.1, 0.15) is 30.2 Å². The molecule has 1 aromatic heterocycles. The number of benzene rings is 2. The Hall–Kier alpha value is -2.01. The van der Waals surface area contributed by atoms with Crippen LogP contribution in [0.15, 0.2) is 48.7 Å². The van der Waals surface area contributed by atoms with Crippen LogP contribution in [-0.2, 0) is 4.74 Å². The van der Waals surface area contributed by atoms with Crippen LogP contribution in [0, 0.1) is 6.92 Å². The van der Waals surface area contributed by atoms with E-state index in [1.54, 1.807) is 12.3 Å². The van der Waals surface area contributed by atoms with E-state index in [4.69, 9.17) is 37.4 Å². The number of hydrogen-bond donors (Lipinski definition) is 0. The van der Waals surface area contributed by atoms with Crippen molar-refractivity contribution in [1.29, 1.82) is 0 Å². The van der Waals surface area contributed by atoms with E-state index in [0.29, 0.717) is 42.2 Å². The monoisotopic (exact) mass is 391 g/mol. The number of rotatable bonds is 8. The van der Waals surface area contributed by atoms with Gasteiger partial charge in [0.25, 0.3) is 0 Å². The summed E-state index contributed by atoms with van der Waals surface area (Å²) in [5, 5.41) is 2.15. The fraction of sp³-hybridized carbons (Fsp3) is 0.250. The minimum absolute atomic E-state index is 0.401. The fourth-order valence-corrected chi connectivity index (χ4v) is 3.23. The van der Waals surface area contributed by atoms with Crippen molar-refractivity contribution in [3.8, 4) is 11.5 Å². The number of pyridine rings is 1. The van der Waals surface area contributed by atoms with Gasteiger partial charge in [-0.25, -0.2) is 0 Å². The molecule has 0 unspecified atom stereocenters. The highest BCUT2D eigenvalue weighted by Gasteiger charge is 2.07. The first kappa shape index (κ1) is 18.8. The fourth-order valence-electron chi connectivity index (χ4n) is 2.58. The molecule has 0 amide bonds. The maximum atomic E-state index is 6.14. The van der Waals surface area contributed by atoms with E-state index in [-0.39, 0.29) is 0 Å². The van der Waals surface area contributed by atoms with Crippen molar-refractivity contribution in [2.45, 2.75) is 6.92 Å². The second-order valence-electron chi connectivity index (χ2n) is 5.67. The molecule has 0 atom stereocenters. The quantitative estimate of drug-likeness (QED) is 0.486. The lowest BCUT2D eigenvalue weighted by molar-refractivity contribution is 0.0766. The smallest absolute Gasteiger partial charge is 0.145 e. The first-order valence-corrected chi connectivity index (χ1v) is 9.03. The molecular formula is C20H19Cl2NO3. The second-order valence-corrected chi connectivity index (χ2v) is 6.52. The van der Waals surface area contributed by atoms with Gasteiger partial charge in [0, 0.05) is 16.6 Å². The molecular weight excluding hydrogens is 373 g/mol. The highest BCUT2D eigenvalue weighted by atomic mass is 35.5. The number of aryl methyl sites for hydroxylation is 1. The van der Waals surface area contributed by atoms with Gasteiger partial charge in [-0.05, 0) is 36.8 Å². The average Bonchev–Trinajstić information content (AvgIpc) is 2.62. The van der Waals surface area contributed by atoms with Crippen LogP contribution >= 0.6 is 23.2 Å². The first-order valence-electron chi connectivity index (χ1n) is 8.28. The van der Waals surface area contributed by atoms with Gasteiger partial charge in [-0.15, -0.1) is 0 Å². The molecule has 0 saturated heterocycles. The van der Waals surface area contributed by atoms with E-state index >= 15 is 0 Å². The standard InChI is InChI=1S/C20H19Cl2NO3/c1-14-12-16(21)13-17(22)20(14)26-11-9-24-8-10-25-18-6-2-4-15-5-3-7-23-19(15)18/h2-7,12-13H,8-11H2,1H3. The number of hydrogen-bond acceptors (Lipinski definition) is 4. The van der Waals surface area contributed by atoms with Crippen molar-refractivity contribution in [2.24, 2.45) is 0 Å². The van der Waals surface area contributed by atoms with Crippen LogP contribution in [0.3, 0.4) is 0 Å². The molecule has 0 bridgehead atoms. The summed E-state index contributed by atoms with van der Waals surface area (Å²) in [6, 6.07) is 13.3. The molecule has 0 N–H and O–H groups in total. The highest BCUT2D eigenvalue weighted by molar-refractivity contribution is 6.35. The lowest BCUT2D eigenvalue weighted by Gasteiger charge is -2.12. The first-order chi connectivity index (χ1) is 12.6. The van der Waals surface area contributed by atoms with E-state index in [9.17, 15) is 0 Å². The lowest BCUT2D eigenvalue weighted by Crippen LogP contribution is -2.12. The number of fused-ring (bicyclic) bond motifs is 1. The van der Waals surface area contributed by atoms with Gasteiger partial charge < -0.3 is 14.2 Å². The van der Waals surface area contributed by atoms with Gasteiger partial charge >= 0.3 is 0 Å². The van der Waals surface area contributed by atoms with Gasteiger partial charge in [-0.2, -0.15) is 0 Å². The molecule has 2 aromatic carbocycles. The van der Waals surface area contributed by atoms with Crippen molar-refractivity contribution in [1.82, 2.24) is 4.98 Å². The highest BCUT2D eigenvalue weighted by Crippen LogP contribution is 2.31. The summed E-state index contributed by atoms with van der Waals surface area (Å²) in [6.07, 6.45) is 1.76. The van der Waals surface area contributed by atoms with Crippen LogP contribution in [-0.4, -0.2) is 31.4 Å². The summed E-state index contributed by atoms with van der Waals surface area (Å²) in [5.41, 5.74) is 1.75. The van der Waals surface area contributed by atoms with Crippen molar-refractivity contribution >= 4 is 34.1 Å². The molecule has 0 aliphatic carbocycles. The molecule has 3 rings (SSSR count). The topological polar surface area (TPSA) is 40.6 Å². The molecule has 26 heavy (non-hydrogen) atoms. The predicted octanol–water partition coefficient (Wildman–Crippen LogP) is 5.32. The Labute approximate surface area is 162 Å². The van der Waals surface area contributed by atoms with E-state index in [0.717, 1.165) is 22.2 Å². The molecule has 1 heterocycles. The Morgan fingerprint density at radius 3 is 2.50 bits per heavy atom. The van der Waals surface area contributed by atoms with Crippen molar-refractivity contribution < 1.29 is 14.2 Å². The van der Waals surface area contributed by atoms with E-state index in [1.165, 1.54) is 0 Å². The number of nitrogens with zero attached hydrogens (tertiary/aromatic N) is 1. The molecule has 0 spiro atoms. The van der Waals surface area contributed by atoms with E-state index in [2.05, 4.69) is 4.98 Å². The molecule has 136 valence electrons. The minimum atomic E-state index is 0.401. The van der Waals surface area contributed by atoms with E-state index < -0.39 is 0 Å². The van der Waals surface area contributed by atoms with Crippen molar-refractivity contribution in [3.05, 3.63) is 64.3 Å². The Bertz CT molecular complexity index is 858. The third-order valence-corrected chi connectivity index (χ3v) is 4.25. The molecule has 3 aromatic rings. The number of halogens is 2. The summed E-state index contributed by atoms with van der Waals surface area (Å²) in [7, 11) is 0. The van der Waals surface area contributed by atoms with Crippen LogP contribution in [0.1, 0.15) is 5.56 Å². The Morgan fingerprint density at radius 1 is 0.923 bits per heavy atom. The van der Waals surface area contributed by atoms with Crippen LogP contribution in [0.4, 0.5) is 0 Å². The summed E-state index contributed by atoms with van der Waals surface area (Å²) in [5.74, 6) is 1.39. The zero-order valence-corrected chi connectivity index (χ0v) is 15.9. The Morgan fingerprint density at radius 2 is 1.69 bits per heavy atom. The Kier molecular flexibility index (Phi) is 6.56. The molecule has 0 saturated carbocycles. The maximum Gasteiger partial charge on any atom is 0.145 e. The van der Waals surface area contributed by atoms with Gasteiger partial charge in [0.05, 0.1) is 18.2 Å². The number of para-hydroxylation sites is 1. The SMILES string of the molecule is Cc1cc(Cl)cc(Cl)c1OCCOCCOc1cccc2cccnc12. The zero-order valence-electron chi connectivity index (χ0n) is 14.4. The summed E-state index contributed by atoms with van der Waals surface area (Å²) in [4.78, 5) is 4.36. The van der Waals surface area contributed by atoms with Crippen LogP contribution in [0.25, 0.3) is 10.9 Å². The molecule has 0 aliphatic rings. The third-order valence-electron chi connectivity index (χ3n) is 3.75. The molecule has 6 heteroatoms. The van der Waals surface area contributed by atoms with Gasteiger partial charge in [-0.3, -0.25) is 4.98 Å².